The molecule has 0 bridgehead atoms. The molecular weight excluding hydrogens is 316 g/mol. The number of hydrogen-bond acceptors (Lipinski definition) is 9. The lowest BCUT2D eigenvalue weighted by atomic mass is 9.88. The molecule has 2 rings (SSSR count). The Morgan fingerprint density at radius 1 is 1.04 bits per heavy atom. The van der Waals surface area contributed by atoms with Gasteiger partial charge in [-0.15, -0.1) is 0 Å². The van der Waals surface area contributed by atoms with Crippen LogP contribution in [0.25, 0.3) is 0 Å². The summed E-state index contributed by atoms with van der Waals surface area (Å²) < 4.78 is 5.16. The van der Waals surface area contributed by atoms with Gasteiger partial charge >= 0.3 is 5.97 Å². The molecule has 0 aliphatic carbocycles. The molecule has 1 aromatic carbocycles. The van der Waals surface area contributed by atoms with Crippen LogP contribution in [0, 0.1) is 0 Å². The number of aromatic hydroxyl groups is 3. The van der Waals surface area contributed by atoms with Crippen LogP contribution in [-0.4, -0.2) is 77.8 Å². The summed E-state index contributed by atoms with van der Waals surface area (Å²) in [5.74, 6) is -4.62. The zero-order valence-corrected chi connectivity index (χ0v) is 11.6. The zero-order chi connectivity index (χ0) is 17.5. The first-order valence-corrected chi connectivity index (χ1v) is 6.52. The second-order valence-electron chi connectivity index (χ2n) is 5.11. The quantitative estimate of drug-likeness (QED) is 0.288. The fourth-order valence-electron chi connectivity index (χ4n) is 2.46. The van der Waals surface area contributed by atoms with Gasteiger partial charge in [0.2, 0.25) is 5.75 Å². The Morgan fingerprint density at radius 3 is 2.17 bits per heavy atom. The van der Waals surface area contributed by atoms with E-state index in [4.69, 9.17) is 14.9 Å². The van der Waals surface area contributed by atoms with E-state index in [1.165, 1.54) is 0 Å². The fourth-order valence-corrected chi connectivity index (χ4v) is 2.46. The van der Waals surface area contributed by atoms with Gasteiger partial charge in [-0.1, -0.05) is 0 Å². The fraction of sp³-hybridized carbons (Fsp3) is 0.462. The molecule has 128 valence electrons. The van der Waals surface area contributed by atoms with Crippen LogP contribution in [0.5, 0.6) is 17.2 Å². The third kappa shape index (κ3) is 2.78. The summed E-state index contributed by atoms with van der Waals surface area (Å²) in [6, 6.07) is 0.633. The van der Waals surface area contributed by atoms with Crippen LogP contribution >= 0.6 is 0 Å². The van der Waals surface area contributed by atoms with Crippen molar-refractivity contribution in [2.24, 2.45) is 0 Å². The van der Waals surface area contributed by atoms with E-state index in [-0.39, 0.29) is 0 Å². The Morgan fingerprint density at radius 2 is 1.65 bits per heavy atom. The van der Waals surface area contributed by atoms with Crippen molar-refractivity contribution in [3.63, 3.8) is 0 Å². The van der Waals surface area contributed by atoms with Gasteiger partial charge in [-0.05, 0) is 6.07 Å². The Balaban J connectivity index is 2.60. The smallest absolute Gasteiger partial charge is 0.336 e. The number of aromatic carboxylic acids is 1. The first-order chi connectivity index (χ1) is 10.7. The number of benzene rings is 1. The number of phenolic OH excluding ortho intramolecular Hbond substituents is 3. The first-order valence-electron chi connectivity index (χ1n) is 6.52. The molecule has 1 heterocycles. The van der Waals surface area contributed by atoms with Gasteiger partial charge in [0.1, 0.15) is 30.5 Å². The van der Waals surface area contributed by atoms with Crippen LogP contribution in [0.15, 0.2) is 6.07 Å². The molecule has 0 aromatic heterocycles. The highest BCUT2D eigenvalue weighted by molar-refractivity contribution is 5.92. The summed E-state index contributed by atoms with van der Waals surface area (Å²) in [5.41, 5.74) is -1.30. The maximum atomic E-state index is 11.3. The third-order valence-corrected chi connectivity index (χ3v) is 3.70. The maximum Gasteiger partial charge on any atom is 0.336 e. The molecule has 23 heavy (non-hydrogen) atoms. The number of ether oxygens (including phenoxy) is 1. The standard InChI is InChI=1S/C13H16O10/c14-2-5-8(17)10(19)11(20)12(23-5)6-3(13(21)22)1-4(15)7(16)9(6)18/h1,5,8,10-12,14-20H,2H2,(H,21,22)/t5-,8-,10+,11-,12+/m1/s1. The van der Waals surface area contributed by atoms with Crippen molar-refractivity contribution >= 4 is 5.97 Å². The van der Waals surface area contributed by atoms with Crippen LogP contribution < -0.4 is 0 Å². The molecule has 1 saturated heterocycles. The third-order valence-electron chi connectivity index (χ3n) is 3.70. The number of carbonyl (C=O) groups is 1. The molecule has 1 aromatic rings. The van der Waals surface area contributed by atoms with Crippen LogP contribution in [0.2, 0.25) is 0 Å². The minimum absolute atomic E-state index is 0.607. The summed E-state index contributed by atoms with van der Waals surface area (Å²) in [4.78, 5) is 11.3. The lowest BCUT2D eigenvalue weighted by Gasteiger charge is -2.40. The van der Waals surface area contributed by atoms with Crippen molar-refractivity contribution in [2.45, 2.75) is 30.5 Å². The Hall–Kier alpha value is -2.11. The molecule has 10 nitrogen and oxygen atoms in total. The molecule has 1 aliphatic heterocycles. The van der Waals surface area contributed by atoms with Crippen molar-refractivity contribution in [1.82, 2.24) is 0 Å². The molecule has 0 unspecified atom stereocenters. The molecule has 0 spiro atoms. The highest BCUT2D eigenvalue weighted by atomic mass is 16.5. The Labute approximate surface area is 129 Å². The predicted octanol–water partition coefficient (Wildman–Crippen LogP) is -1.98. The van der Waals surface area contributed by atoms with Gasteiger partial charge < -0.3 is 45.6 Å². The number of carboxylic acid groups (broad SMARTS) is 1. The van der Waals surface area contributed by atoms with E-state index < -0.39 is 71.5 Å². The molecule has 1 fully saturated rings. The van der Waals surface area contributed by atoms with Crippen molar-refractivity contribution in [2.75, 3.05) is 6.61 Å². The van der Waals surface area contributed by atoms with Crippen LogP contribution in [0.1, 0.15) is 22.0 Å². The molecule has 1 aliphatic rings. The molecule has 0 radical (unpaired) electrons. The van der Waals surface area contributed by atoms with Crippen molar-refractivity contribution in [3.05, 3.63) is 17.2 Å². The summed E-state index contributed by atoms with van der Waals surface area (Å²) in [6.07, 6.45) is -8.35. The predicted molar refractivity (Wildman–Crippen MR) is 71.1 cm³/mol. The van der Waals surface area contributed by atoms with Gasteiger partial charge in [-0.25, -0.2) is 4.79 Å². The average Bonchev–Trinajstić information content (AvgIpc) is 2.51. The highest BCUT2D eigenvalue weighted by Crippen LogP contribution is 2.46. The van der Waals surface area contributed by atoms with Crippen molar-refractivity contribution in [1.29, 1.82) is 0 Å². The van der Waals surface area contributed by atoms with Crippen molar-refractivity contribution in [3.8, 4) is 17.2 Å². The minimum atomic E-state index is -1.86. The van der Waals surface area contributed by atoms with E-state index in [1.807, 2.05) is 0 Å². The van der Waals surface area contributed by atoms with Crippen LogP contribution in [0.3, 0.4) is 0 Å². The van der Waals surface area contributed by atoms with Crippen LogP contribution in [0.4, 0.5) is 0 Å². The van der Waals surface area contributed by atoms with Crippen LogP contribution in [-0.2, 0) is 4.74 Å². The second-order valence-corrected chi connectivity index (χ2v) is 5.11. The number of aliphatic hydroxyl groups is 4. The normalized spacial score (nSPS) is 31.0. The van der Waals surface area contributed by atoms with Gasteiger partial charge in [-0.3, -0.25) is 0 Å². The van der Waals surface area contributed by atoms with E-state index in [9.17, 15) is 35.4 Å². The Kier molecular flexibility index (Phi) is 4.63. The molecule has 0 saturated carbocycles. The number of rotatable bonds is 3. The molecule has 0 amide bonds. The number of hydrogen-bond donors (Lipinski definition) is 8. The van der Waals surface area contributed by atoms with Gasteiger partial charge in [0.05, 0.1) is 12.2 Å². The maximum absolute atomic E-state index is 11.3. The summed E-state index contributed by atoms with van der Waals surface area (Å²) in [6.45, 7) is -0.755. The first kappa shape index (κ1) is 17.2. The minimum Gasteiger partial charge on any atom is -0.504 e. The lowest BCUT2D eigenvalue weighted by Crippen LogP contribution is -2.55. The summed E-state index contributed by atoms with van der Waals surface area (Å²) in [5, 5.41) is 76.6. The van der Waals surface area contributed by atoms with Crippen molar-refractivity contribution < 1.29 is 50.4 Å². The monoisotopic (exact) mass is 332 g/mol. The average molecular weight is 332 g/mol. The largest absolute Gasteiger partial charge is 0.504 e. The van der Waals surface area contributed by atoms with E-state index in [2.05, 4.69) is 0 Å². The molecule has 5 atom stereocenters. The molecule has 8 N–H and O–H groups in total. The molecule has 10 heteroatoms. The Bertz CT molecular complexity index is 613. The van der Waals surface area contributed by atoms with E-state index >= 15 is 0 Å². The topological polar surface area (TPSA) is 188 Å². The highest BCUT2D eigenvalue weighted by Gasteiger charge is 2.46. The number of aliphatic hydroxyl groups excluding tert-OH is 4. The van der Waals surface area contributed by atoms with E-state index in [0.29, 0.717) is 6.07 Å². The number of phenols is 3. The SMILES string of the molecule is O=C(O)c1cc(O)c(O)c(O)c1[C@@H]1O[C@H](CO)[C@@H](O)[C@H](O)[C@H]1O. The summed E-state index contributed by atoms with van der Waals surface area (Å²) in [7, 11) is 0. The van der Waals surface area contributed by atoms with Gasteiger partial charge in [-0.2, -0.15) is 0 Å². The second kappa shape index (κ2) is 6.18. The lowest BCUT2D eigenvalue weighted by molar-refractivity contribution is -0.232. The summed E-state index contributed by atoms with van der Waals surface area (Å²) >= 11 is 0. The van der Waals surface area contributed by atoms with Gasteiger partial charge in [0.25, 0.3) is 0 Å². The molecular formula is C13H16O10. The number of carboxylic acids is 1. The van der Waals surface area contributed by atoms with E-state index in [0.717, 1.165) is 0 Å². The van der Waals surface area contributed by atoms with E-state index in [1.54, 1.807) is 0 Å². The van der Waals surface area contributed by atoms with Gasteiger partial charge in [0.15, 0.2) is 11.5 Å². The van der Waals surface area contributed by atoms with Gasteiger partial charge in [0, 0.05) is 5.56 Å². The zero-order valence-electron chi connectivity index (χ0n) is 11.6.